The Morgan fingerprint density at radius 2 is 1.94 bits per heavy atom. The van der Waals surface area contributed by atoms with Crippen molar-refractivity contribution in [1.29, 1.82) is 0 Å². The van der Waals surface area contributed by atoms with Gasteiger partial charge >= 0.3 is 0 Å². The van der Waals surface area contributed by atoms with Crippen LogP contribution in [0.4, 0.5) is 0 Å². The molecule has 2 unspecified atom stereocenters. The van der Waals surface area contributed by atoms with Gasteiger partial charge in [-0.2, -0.15) is 11.8 Å². The van der Waals surface area contributed by atoms with Crippen molar-refractivity contribution in [1.82, 2.24) is 5.32 Å². The lowest BCUT2D eigenvalue weighted by molar-refractivity contribution is 0.296. The molecule has 0 saturated heterocycles. The molecule has 16 heavy (non-hydrogen) atoms. The maximum atomic E-state index is 8.84. The maximum absolute atomic E-state index is 8.84. The van der Waals surface area contributed by atoms with E-state index < -0.39 is 0 Å². The lowest BCUT2D eigenvalue weighted by atomic mass is 9.96. The predicted octanol–water partition coefficient (Wildman–Crippen LogP) is 2.80. The quantitative estimate of drug-likeness (QED) is 0.706. The zero-order valence-electron chi connectivity index (χ0n) is 10.6. The highest BCUT2D eigenvalue weighted by molar-refractivity contribution is 7.99. The summed E-state index contributed by atoms with van der Waals surface area (Å²) in [4.78, 5) is 0. The highest BCUT2D eigenvalue weighted by atomic mass is 32.2. The van der Waals surface area contributed by atoms with Crippen LogP contribution >= 0.6 is 11.8 Å². The molecular formula is C13H27NOS. The molecule has 1 fully saturated rings. The zero-order valence-corrected chi connectivity index (χ0v) is 11.4. The second kappa shape index (κ2) is 9.32. The molecule has 0 aromatic rings. The monoisotopic (exact) mass is 245 g/mol. The number of thioether (sulfide) groups is 1. The standard InChI is InChI=1S/C13H27NOS/c1-2-14-12-8-5-3-4-6-9-13(12)16-11-7-10-15/h12-15H,2-11H2,1H3. The van der Waals surface area contributed by atoms with E-state index in [1.54, 1.807) is 0 Å². The van der Waals surface area contributed by atoms with Gasteiger partial charge in [-0.15, -0.1) is 0 Å². The summed E-state index contributed by atoms with van der Waals surface area (Å²) in [6, 6.07) is 0.703. The Morgan fingerprint density at radius 3 is 2.62 bits per heavy atom. The van der Waals surface area contributed by atoms with Crippen LogP contribution in [-0.4, -0.2) is 35.3 Å². The Labute approximate surface area is 105 Å². The van der Waals surface area contributed by atoms with Crippen molar-refractivity contribution in [3.63, 3.8) is 0 Å². The number of aliphatic hydroxyl groups excluding tert-OH is 1. The van der Waals surface area contributed by atoms with E-state index in [2.05, 4.69) is 24.0 Å². The molecule has 2 atom stereocenters. The second-order valence-electron chi connectivity index (χ2n) is 4.64. The molecule has 0 bridgehead atoms. The van der Waals surface area contributed by atoms with Crippen molar-refractivity contribution in [3.8, 4) is 0 Å². The fourth-order valence-electron chi connectivity index (χ4n) is 2.44. The number of nitrogens with one attached hydrogen (secondary N) is 1. The summed E-state index contributed by atoms with van der Waals surface area (Å²) in [5.74, 6) is 1.11. The van der Waals surface area contributed by atoms with Crippen LogP contribution in [-0.2, 0) is 0 Å². The van der Waals surface area contributed by atoms with Gasteiger partial charge < -0.3 is 10.4 Å². The van der Waals surface area contributed by atoms with Crippen LogP contribution in [0.5, 0.6) is 0 Å². The van der Waals surface area contributed by atoms with E-state index in [0.717, 1.165) is 24.0 Å². The molecule has 0 aromatic heterocycles. The van der Waals surface area contributed by atoms with Gasteiger partial charge in [-0.25, -0.2) is 0 Å². The van der Waals surface area contributed by atoms with Crippen LogP contribution in [0.1, 0.15) is 51.9 Å². The fourth-order valence-corrected chi connectivity index (χ4v) is 3.84. The third-order valence-electron chi connectivity index (χ3n) is 3.30. The normalized spacial score (nSPS) is 27.4. The molecule has 3 heteroatoms. The van der Waals surface area contributed by atoms with Crippen molar-refractivity contribution in [2.75, 3.05) is 18.9 Å². The summed E-state index contributed by atoms with van der Waals surface area (Å²) in [6.07, 6.45) is 9.23. The lowest BCUT2D eigenvalue weighted by Gasteiger charge is -2.29. The average molecular weight is 245 g/mol. The van der Waals surface area contributed by atoms with Crippen molar-refractivity contribution >= 4 is 11.8 Å². The van der Waals surface area contributed by atoms with Gasteiger partial charge in [0.05, 0.1) is 0 Å². The molecule has 1 aliphatic carbocycles. The van der Waals surface area contributed by atoms with Gasteiger partial charge in [0.2, 0.25) is 0 Å². The summed E-state index contributed by atoms with van der Waals surface area (Å²) in [7, 11) is 0. The van der Waals surface area contributed by atoms with E-state index in [0.29, 0.717) is 12.6 Å². The van der Waals surface area contributed by atoms with E-state index in [-0.39, 0.29) is 0 Å². The first-order valence-corrected chi connectivity index (χ1v) is 7.89. The smallest absolute Gasteiger partial charge is 0.0438 e. The van der Waals surface area contributed by atoms with E-state index >= 15 is 0 Å². The van der Waals surface area contributed by atoms with E-state index in [1.807, 2.05) is 0 Å². The average Bonchev–Trinajstić information content (AvgIpc) is 2.26. The number of aliphatic hydroxyl groups is 1. The fraction of sp³-hybridized carbons (Fsp3) is 1.00. The lowest BCUT2D eigenvalue weighted by Crippen LogP contribution is -2.39. The summed E-state index contributed by atoms with van der Waals surface area (Å²) >= 11 is 2.07. The minimum atomic E-state index is 0.339. The number of hydrogen-bond donors (Lipinski definition) is 2. The molecule has 1 rings (SSSR count). The van der Waals surface area contributed by atoms with Crippen LogP contribution in [0.2, 0.25) is 0 Å². The van der Waals surface area contributed by atoms with Crippen molar-refractivity contribution in [2.45, 2.75) is 63.2 Å². The SMILES string of the molecule is CCNC1CCCCCCC1SCCCO. The van der Waals surface area contributed by atoms with Gasteiger partial charge in [-0.05, 0) is 31.6 Å². The zero-order chi connectivity index (χ0) is 11.6. The molecule has 0 heterocycles. The molecule has 2 nitrogen and oxygen atoms in total. The first kappa shape index (κ1) is 14.3. The van der Waals surface area contributed by atoms with Crippen LogP contribution in [0.25, 0.3) is 0 Å². The van der Waals surface area contributed by atoms with Crippen LogP contribution < -0.4 is 5.32 Å². The summed E-state index contributed by atoms with van der Waals surface area (Å²) < 4.78 is 0. The number of rotatable bonds is 6. The van der Waals surface area contributed by atoms with E-state index in [9.17, 15) is 0 Å². The summed E-state index contributed by atoms with van der Waals surface area (Å²) in [5, 5.41) is 13.3. The predicted molar refractivity (Wildman–Crippen MR) is 73.1 cm³/mol. The third-order valence-corrected chi connectivity index (χ3v) is 4.82. The maximum Gasteiger partial charge on any atom is 0.0438 e. The van der Waals surface area contributed by atoms with Crippen molar-refractivity contribution in [2.24, 2.45) is 0 Å². The molecule has 0 spiro atoms. The molecule has 96 valence electrons. The molecule has 0 amide bonds. The molecule has 1 saturated carbocycles. The Balaban J connectivity index is 2.36. The van der Waals surface area contributed by atoms with Gasteiger partial charge in [-0.1, -0.05) is 32.6 Å². The molecule has 0 aliphatic heterocycles. The largest absolute Gasteiger partial charge is 0.396 e. The first-order chi connectivity index (χ1) is 7.88. The van der Waals surface area contributed by atoms with Gasteiger partial charge in [-0.3, -0.25) is 0 Å². The second-order valence-corrected chi connectivity index (χ2v) is 5.99. The highest BCUT2D eigenvalue weighted by Gasteiger charge is 2.21. The van der Waals surface area contributed by atoms with Crippen molar-refractivity contribution < 1.29 is 5.11 Å². The molecule has 1 aliphatic rings. The van der Waals surface area contributed by atoms with Gasteiger partial charge in [0, 0.05) is 17.9 Å². The Kier molecular flexibility index (Phi) is 8.34. The van der Waals surface area contributed by atoms with Gasteiger partial charge in [0.15, 0.2) is 0 Å². The van der Waals surface area contributed by atoms with Gasteiger partial charge in [0.25, 0.3) is 0 Å². The molecule has 0 aromatic carbocycles. The summed E-state index contributed by atoms with van der Waals surface area (Å²) in [6.45, 7) is 3.63. The highest BCUT2D eigenvalue weighted by Crippen LogP contribution is 2.27. The number of hydrogen-bond acceptors (Lipinski definition) is 3. The first-order valence-electron chi connectivity index (χ1n) is 6.84. The van der Waals surface area contributed by atoms with Crippen LogP contribution in [0.3, 0.4) is 0 Å². The minimum Gasteiger partial charge on any atom is -0.396 e. The minimum absolute atomic E-state index is 0.339. The van der Waals surface area contributed by atoms with Crippen molar-refractivity contribution in [3.05, 3.63) is 0 Å². The Bertz CT molecular complexity index is 166. The van der Waals surface area contributed by atoms with Crippen LogP contribution in [0, 0.1) is 0 Å². The Hall–Kier alpha value is 0.270. The molecular weight excluding hydrogens is 218 g/mol. The molecule has 2 N–H and O–H groups in total. The Morgan fingerprint density at radius 1 is 1.19 bits per heavy atom. The molecule has 0 radical (unpaired) electrons. The third kappa shape index (κ3) is 5.55. The topological polar surface area (TPSA) is 32.3 Å². The van der Waals surface area contributed by atoms with Gasteiger partial charge in [0.1, 0.15) is 0 Å². The van der Waals surface area contributed by atoms with E-state index in [1.165, 1.54) is 38.5 Å². The van der Waals surface area contributed by atoms with E-state index in [4.69, 9.17) is 5.11 Å². The van der Waals surface area contributed by atoms with Crippen LogP contribution in [0.15, 0.2) is 0 Å². The summed E-state index contributed by atoms with van der Waals surface area (Å²) in [5.41, 5.74) is 0.